The zero-order chi connectivity index (χ0) is 15.4. The van der Waals surface area contributed by atoms with Crippen LogP contribution in [0.5, 0.6) is 5.75 Å². The Balaban J connectivity index is 2.14. The zero-order valence-electron chi connectivity index (χ0n) is 10.6. The number of nitro groups is 1. The molecule has 0 aromatic heterocycles. The predicted molar refractivity (Wildman–Crippen MR) is 78.9 cm³/mol. The van der Waals surface area contributed by atoms with Crippen LogP contribution in [0.1, 0.15) is 5.56 Å². The largest absolute Gasteiger partial charge is 0.425 e. The summed E-state index contributed by atoms with van der Waals surface area (Å²) in [5.74, 6) is -0.488. The molecule has 0 amide bonds. The third-order valence-corrected chi connectivity index (χ3v) is 3.17. The van der Waals surface area contributed by atoms with Crippen LogP contribution in [0.2, 0.25) is 10.0 Å². The Kier molecular flexibility index (Phi) is 4.77. The van der Waals surface area contributed by atoms with Crippen LogP contribution < -0.4 is 4.74 Å². The first-order valence-electron chi connectivity index (χ1n) is 5.85. The molecular weight excluding hydrogens is 317 g/mol. The Morgan fingerprint density at radius 2 is 1.90 bits per heavy atom. The second kappa shape index (κ2) is 6.56. The first kappa shape index (κ1) is 15.3. The maximum Gasteiger partial charge on any atom is 0.315 e. The lowest BCUT2D eigenvalue weighted by atomic mass is 10.1. The molecule has 0 unspecified atom stereocenters. The number of para-hydroxylation sites is 1. The number of rotatable bonds is 4. The van der Waals surface area contributed by atoms with E-state index in [1.54, 1.807) is 6.07 Å². The maximum absolute atomic E-state index is 11.9. The monoisotopic (exact) mass is 325 g/mol. The van der Waals surface area contributed by atoms with Gasteiger partial charge in [0.05, 0.1) is 16.4 Å². The molecule has 0 radical (unpaired) electrons. The number of hydrogen-bond donors (Lipinski definition) is 0. The molecule has 0 atom stereocenters. The minimum Gasteiger partial charge on any atom is -0.425 e. The molecule has 0 saturated heterocycles. The van der Waals surface area contributed by atoms with Crippen molar-refractivity contribution < 1.29 is 14.5 Å². The highest BCUT2D eigenvalue weighted by molar-refractivity contribution is 6.35. The summed E-state index contributed by atoms with van der Waals surface area (Å²) in [6.07, 6.45) is -0.226. The Labute approximate surface area is 130 Å². The fourth-order valence-corrected chi connectivity index (χ4v) is 2.16. The average molecular weight is 326 g/mol. The molecule has 7 heteroatoms. The predicted octanol–water partition coefficient (Wildman–Crippen LogP) is 4.05. The Bertz CT molecular complexity index is 703. The van der Waals surface area contributed by atoms with Crippen molar-refractivity contribution in [1.82, 2.24) is 0 Å². The number of nitro benzene ring substituents is 1. The topological polar surface area (TPSA) is 69.4 Å². The van der Waals surface area contributed by atoms with Crippen LogP contribution in [-0.2, 0) is 11.2 Å². The van der Waals surface area contributed by atoms with Crippen molar-refractivity contribution in [2.75, 3.05) is 0 Å². The van der Waals surface area contributed by atoms with Gasteiger partial charge in [-0.15, -0.1) is 0 Å². The molecule has 2 rings (SSSR count). The maximum atomic E-state index is 11.9. The van der Waals surface area contributed by atoms with E-state index in [-0.39, 0.29) is 28.4 Å². The standard InChI is InChI=1S/C14H9Cl2NO4/c15-10-5-6-13(11(16)8-10)21-14(18)7-9-3-1-2-4-12(9)17(19)20/h1-6,8H,7H2. The van der Waals surface area contributed by atoms with Crippen molar-refractivity contribution in [3.63, 3.8) is 0 Å². The van der Waals surface area contributed by atoms with Gasteiger partial charge in [-0.25, -0.2) is 0 Å². The summed E-state index contributed by atoms with van der Waals surface area (Å²) in [4.78, 5) is 22.2. The fraction of sp³-hybridized carbons (Fsp3) is 0.0714. The van der Waals surface area contributed by atoms with Gasteiger partial charge in [-0.1, -0.05) is 41.4 Å². The summed E-state index contributed by atoms with van der Waals surface area (Å²) in [6, 6.07) is 10.4. The van der Waals surface area contributed by atoms with Crippen molar-refractivity contribution in [3.05, 3.63) is 68.2 Å². The van der Waals surface area contributed by atoms with E-state index in [1.165, 1.54) is 36.4 Å². The molecule has 108 valence electrons. The molecule has 0 spiro atoms. The van der Waals surface area contributed by atoms with Gasteiger partial charge in [0.15, 0.2) is 0 Å². The summed E-state index contributed by atoms with van der Waals surface area (Å²) in [6.45, 7) is 0. The minimum atomic E-state index is -0.645. The zero-order valence-corrected chi connectivity index (χ0v) is 12.1. The smallest absolute Gasteiger partial charge is 0.315 e. The van der Waals surface area contributed by atoms with Crippen LogP contribution in [-0.4, -0.2) is 10.9 Å². The molecule has 0 saturated carbocycles. The number of ether oxygens (including phenoxy) is 1. The fourth-order valence-electron chi connectivity index (χ4n) is 1.71. The van der Waals surface area contributed by atoms with Gasteiger partial charge in [0.2, 0.25) is 0 Å². The Hall–Kier alpha value is -2.11. The molecule has 0 bridgehead atoms. The van der Waals surface area contributed by atoms with E-state index in [1.807, 2.05) is 0 Å². The second-order valence-corrected chi connectivity index (χ2v) is 4.96. The second-order valence-electron chi connectivity index (χ2n) is 4.11. The molecule has 21 heavy (non-hydrogen) atoms. The van der Waals surface area contributed by atoms with E-state index < -0.39 is 10.9 Å². The summed E-state index contributed by atoms with van der Waals surface area (Å²) in [5, 5.41) is 11.5. The molecule has 2 aromatic rings. The van der Waals surface area contributed by atoms with E-state index in [4.69, 9.17) is 27.9 Å². The molecule has 2 aromatic carbocycles. The van der Waals surface area contributed by atoms with Crippen LogP contribution in [0.15, 0.2) is 42.5 Å². The molecule has 0 fully saturated rings. The number of esters is 1. The molecule has 0 aliphatic carbocycles. The minimum absolute atomic E-state index is 0.128. The lowest BCUT2D eigenvalue weighted by Crippen LogP contribution is -2.12. The van der Waals surface area contributed by atoms with Crippen molar-refractivity contribution in [2.45, 2.75) is 6.42 Å². The SMILES string of the molecule is O=C(Cc1ccccc1[N+](=O)[O-])Oc1ccc(Cl)cc1Cl. The van der Waals surface area contributed by atoms with Gasteiger partial charge in [-0.3, -0.25) is 14.9 Å². The van der Waals surface area contributed by atoms with Crippen LogP contribution in [0, 0.1) is 10.1 Å². The van der Waals surface area contributed by atoms with E-state index in [0.29, 0.717) is 5.02 Å². The summed E-state index contributed by atoms with van der Waals surface area (Å²) in [5.41, 5.74) is 0.147. The quantitative estimate of drug-likeness (QED) is 0.368. The number of halogens is 2. The third-order valence-electron chi connectivity index (χ3n) is 2.64. The number of hydrogen-bond acceptors (Lipinski definition) is 4. The highest BCUT2D eigenvalue weighted by Crippen LogP contribution is 2.28. The third kappa shape index (κ3) is 3.93. The van der Waals surface area contributed by atoms with Crippen LogP contribution in [0.3, 0.4) is 0 Å². The first-order valence-corrected chi connectivity index (χ1v) is 6.61. The highest BCUT2D eigenvalue weighted by atomic mass is 35.5. The van der Waals surface area contributed by atoms with Gasteiger partial charge < -0.3 is 4.74 Å². The Morgan fingerprint density at radius 3 is 2.57 bits per heavy atom. The van der Waals surface area contributed by atoms with Crippen LogP contribution in [0.4, 0.5) is 5.69 Å². The van der Waals surface area contributed by atoms with Gasteiger partial charge >= 0.3 is 5.97 Å². The van der Waals surface area contributed by atoms with Crippen molar-refractivity contribution >= 4 is 34.9 Å². The van der Waals surface area contributed by atoms with Gasteiger partial charge in [0.1, 0.15) is 5.75 Å². The normalized spacial score (nSPS) is 10.2. The highest BCUT2D eigenvalue weighted by Gasteiger charge is 2.17. The van der Waals surface area contributed by atoms with E-state index >= 15 is 0 Å². The molecule has 0 aliphatic heterocycles. The van der Waals surface area contributed by atoms with Crippen molar-refractivity contribution in [2.24, 2.45) is 0 Å². The van der Waals surface area contributed by atoms with Gasteiger partial charge in [0, 0.05) is 16.7 Å². The summed E-state index contributed by atoms with van der Waals surface area (Å²) >= 11 is 11.6. The van der Waals surface area contributed by atoms with Crippen molar-refractivity contribution in [3.8, 4) is 5.75 Å². The summed E-state index contributed by atoms with van der Waals surface area (Å²) < 4.78 is 5.09. The first-order chi connectivity index (χ1) is 9.97. The van der Waals surface area contributed by atoms with E-state index in [0.717, 1.165) is 0 Å². The number of carbonyl (C=O) groups is 1. The Morgan fingerprint density at radius 1 is 1.19 bits per heavy atom. The average Bonchev–Trinajstić information content (AvgIpc) is 2.42. The van der Waals surface area contributed by atoms with Gasteiger partial charge in [0.25, 0.3) is 5.69 Å². The molecule has 0 heterocycles. The number of benzene rings is 2. The van der Waals surface area contributed by atoms with Crippen LogP contribution >= 0.6 is 23.2 Å². The van der Waals surface area contributed by atoms with Crippen molar-refractivity contribution in [1.29, 1.82) is 0 Å². The lowest BCUT2D eigenvalue weighted by Gasteiger charge is -2.07. The number of nitrogens with zero attached hydrogens (tertiary/aromatic N) is 1. The molecule has 5 nitrogen and oxygen atoms in total. The van der Waals surface area contributed by atoms with Gasteiger partial charge in [-0.2, -0.15) is 0 Å². The summed E-state index contributed by atoms with van der Waals surface area (Å²) in [7, 11) is 0. The molecular formula is C14H9Cl2NO4. The lowest BCUT2D eigenvalue weighted by molar-refractivity contribution is -0.385. The van der Waals surface area contributed by atoms with E-state index in [9.17, 15) is 14.9 Å². The van der Waals surface area contributed by atoms with Gasteiger partial charge in [-0.05, 0) is 18.2 Å². The number of carbonyl (C=O) groups excluding carboxylic acids is 1. The molecule has 0 N–H and O–H groups in total. The van der Waals surface area contributed by atoms with Crippen LogP contribution in [0.25, 0.3) is 0 Å². The van der Waals surface area contributed by atoms with E-state index in [2.05, 4.69) is 0 Å². The molecule has 0 aliphatic rings.